The summed E-state index contributed by atoms with van der Waals surface area (Å²) in [4.78, 5) is 34.3. The van der Waals surface area contributed by atoms with E-state index in [0.717, 1.165) is 0 Å². The van der Waals surface area contributed by atoms with E-state index >= 15 is 0 Å². The first kappa shape index (κ1) is 15.8. The first-order chi connectivity index (χ1) is 9.32. The molecule has 20 heavy (non-hydrogen) atoms. The fraction of sp³-hybridized carbons (Fsp3) is 0.357. The number of nitrogens with two attached hydrogens (primary N) is 1. The van der Waals surface area contributed by atoms with Gasteiger partial charge < -0.3 is 10.5 Å². The number of hydrogen-bond donors (Lipinski definition) is 1. The van der Waals surface area contributed by atoms with Crippen LogP contribution in [0.4, 0.5) is 4.39 Å². The van der Waals surface area contributed by atoms with E-state index in [1.165, 1.54) is 38.1 Å². The largest absolute Gasteiger partial charge is 0.452 e. The van der Waals surface area contributed by atoms with Crippen molar-refractivity contribution in [2.24, 2.45) is 11.7 Å². The van der Waals surface area contributed by atoms with Gasteiger partial charge in [-0.1, -0.05) is 19.1 Å². The summed E-state index contributed by atoms with van der Waals surface area (Å²) in [6.45, 7) is 2.81. The maximum absolute atomic E-state index is 13.4. The molecule has 6 heteroatoms. The zero-order chi connectivity index (χ0) is 15.3. The van der Waals surface area contributed by atoms with Crippen molar-refractivity contribution in [3.05, 3.63) is 35.6 Å². The zero-order valence-corrected chi connectivity index (χ0v) is 11.3. The molecule has 0 fully saturated rings. The Morgan fingerprint density at radius 2 is 1.85 bits per heavy atom. The number of ketones is 1. The monoisotopic (exact) mass is 281 g/mol. The van der Waals surface area contributed by atoms with Gasteiger partial charge in [-0.2, -0.15) is 0 Å². The Balaban J connectivity index is 2.64. The first-order valence-electron chi connectivity index (χ1n) is 6.10. The van der Waals surface area contributed by atoms with Gasteiger partial charge >= 0.3 is 5.97 Å². The molecule has 1 rings (SSSR count). The smallest absolute Gasteiger partial charge is 0.309 e. The molecule has 0 aliphatic carbocycles. The maximum Gasteiger partial charge on any atom is 0.309 e. The van der Waals surface area contributed by atoms with E-state index in [9.17, 15) is 18.8 Å². The lowest BCUT2D eigenvalue weighted by Gasteiger charge is -2.14. The topological polar surface area (TPSA) is 86.5 Å². The van der Waals surface area contributed by atoms with Crippen molar-refractivity contribution < 1.29 is 23.5 Å². The molecule has 0 aliphatic rings. The van der Waals surface area contributed by atoms with Gasteiger partial charge in [0.05, 0.1) is 11.5 Å². The highest BCUT2D eigenvalue weighted by molar-refractivity contribution is 5.98. The van der Waals surface area contributed by atoms with Gasteiger partial charge in [0.1, 0.15) is 5.82 Å². The van der Waals surface area contributed by atoms with Crippen LogP contribution in [0.2, 0.25) is 0 Å². The van der Waals surface area contributed by atoms with Crippen molar-refractivity contribution in [2.75, 3.05) is 0 Å². The quantitative estimate of drug-likeness (QED) is 0.631. The van der Waals surface area contributed by atoms with Crippen LogP contribution in [0, 0.1) is 11.7 Å². The zero-order valence-electron chi connectivity index (χ0n) is 11.3. The van der Waals surface area contributed by atoms with Crippen LogP contribution in [0.1, 0.15) is 30.6 Å². The fourth-order valence-corrected chi connectivity index (χ4v) is 1.51. The van der Waals surface area contributed by atoms with Crippen molar-refractivity contribution in [2.45, 2.75) is 26.4 Å². The molecule has 0 saturated heterocycles. The number of hydrogen-bond acceptors (Lipinski definition) is 4. The molecule has 0 spiro atoms. The molecule has 1 aromatic carbocycles. The molecule has 1 aromatic rings. The van der Waals surface area contributed by atoms with Crippen molar-refractivity contribution in [3.63, 3.8) is 0 Å². The van der Waals surface area contributed by atoms with Gasteiger partial charge in [0.25, 0.3) is 5.91 Å². The number of benzene rings is 1. The Bertz CT molecular complexity index is 530. The van der Waals surface area contributed by atoms with Crippen molar-refractivity contribution >= 4 is 17.7 Å². The summed E-state index contributed by atoms with van der Waals surface area (Å²) in [5, 5.41) is 0. The Morgan fingerprint density at radius 3 is 2.40 bits per heavy atom. The number of rotatable bonds is 6. The molecular formula is C14H16FNO4. The molecule has 0 saturated carbocycles. The van der Waals surface area contributed by atoms with Crippen LogP contribution in [0.5, 0.6) is 0 Å². The predicted molar refractivity (Wildman–Crippen MR) is 69.3 cm³/mol. The van der Waals surface area contributed by atoms with Gasteiger partial charge in [0.2, 0.25) is 0 Å². The van der Waals surface area contributed by atoms with E-state index < -0.39 is 35.5 Å². The number of halogens is 1. The molecule has 0 unspecified atom stereocenters. The molecular weight excluding hydrogens is 265 g/mol. The minimum atomic E-state index is -1.06. The van der Waals surface area contributed by atoms with Gasteiger partial charge in [-0.25, -0.2) is 4.39 Å². The fourth-order valence-electron chi connectivity index (χ4n) is 1.51. The van der Waals surface area contributed by atoms with Crippen LogP contribution in [0.25, 0.3) is 0 Å². The van der Waals surface area contributed by atoms with E-state index in [2.05, 4.69) is 0 Å². The summed E-state index contributed by atoms with van der Waals surface area (Å²) in [5.41, 5.74) is 4.89. The van der Waals surface area contributed by atoms with Crippen LogP contribution in [0.3, 0.4) is 0 Å². The van der Waals surface area contributed by atoms with Crippen molar-refractivity contribution in [1.82, 2.24) is 0 Å². The van der Waals surface area contributed by atoms with Crippen LogP contribution in [-0.2, 0) is 14.3 Å². The third-order valence-electron chi connectivity index (χ3n) is 2.76. The lowest BCUT2D eigenvalue weighted by molar-refractivity contribution is -0.157. The standard InChI is InChI=1S/C14H16FNO4/c1-8(14(19)20-9(2)13(16)18)7-12(17)10-5-3-4-6-11(10)15/h3-6,8-9H,7H2,1-2H3,(H2,16,18)/t8-,9+/m1/s1. The first-order valence-corrected chi connectivity index (χ1v) is 6.10. The SMILES string of the molecule is C[C@H](CC(=O)c1ccccc1F)C(=O)O[C@@H](C)C(N)=O. The maximum atomic E-state index is 13.4. The third-order valence-corrected chi connectivity index (χ3v) is 2.76. The number of Topliss-reactive ketones (excluding diaryl/α,β-unsaturated/α-hetero) is 1. The van der Waals surface area contributed by atoms with Gasteiger partial charge in [-0.05, 0) is 19.1 Å². The second-order valence-corrected chi connectivity index (χ2v) is 4.49. The van der Waals surface area contributed by atoms with Crippen LogP contribution in [-0.4, -0.2) is 23.8 Å². The highest BCUT2D eigenvalue weighted by Crippen LogP contribution is 2.14. The molecule has 0 aliphatic heterocycles. The molecule has 0 bridgehead atoms. The lowest BCUT2D eigenvalue weighted by Crippen LogP contribution is -2.32. The number of ether oxygens (including phenoxy) is 1. The molecule has 0 heterocycles. The molecule has 108 valence electrons. The van der Waals surface area contributed by atoms with Gasteiger partial charge in [-0.3, -0.25) is 14.4 Å². The summed E-state index contributed by atoms with van der Waals surface area (Å²) >= 11 is 0. The average Bonchev–Trinajstić information content (AvgIpc) is 2.38. The Hall–Kier alpha value is -2.24. The van der Waals surface area contributed by atoms with Crippen LogP contribution in [0.15, 0.2) is 24.3 Å². The van der Waals surface area contributed by atoms with E-state index in [-0.39, 0.29) is 12.0 Å². The summed E-state index contributed by atoms with van der Waals surface area (Å²) in [5.74, 6) is -3.42. The number of carbonyl (C=O) groups is 3. The second kappa shape index (κ2) is 6.79. The molecule has 5 nitrogen and oxygen atoms in total. The van der Waals surface area contributed by atoms with Gasteiger partial charge in [-0.15, -0.1) is 0 Å². The summed E-state index contributed by atoms with van der Waals surface area (Å²) in [6, 6.07) is 5.53. The van der Waals surface area contributed by atoms with E-state index in [4.69, 9.17) is 10.5 Å². The highest BCUT2D eigenvalue weighted by Gasteiger charge is 2.23. The second-order valence-electron chi connectivity index (χ2n) is 4.49. The van der Waals surface area contributed by atoms with Crippen LogP contribution >= 0.6 is 0 Å². The number of carbonyl (C=O) groups excluding carboxylic acids is 3. The summed E-state index contributed by atoms with van der Waals surface area (Å²) in [7, 11) is 0. The highest BCUT2D eigenvalue weighted by atomic mass is 19.1. The normalized spacial score (nSPS) is 13.3. The number of esters is 1. The minimum Gasteiger partial charge on any atom is -0.452 e. The number of amides is 1. The van der Waals surface area contributed by atoms with E-state index in [0.29, 0.717) is 0 Å². The summed E-state index contributed by atoms with van der Waals surface area (Å²) < 4.78 is 18.2. The lowest BCUT2D eigenvalue weighted by atomic mass is 9.99. The summed E-state index contributed by atoms with van der Waals surface area (Å²) in [6.07, 6.45) is -1.26. The molecule has 2 atom stereocenters. The molecule has 1 amide bonds. The van der Waals surface area contributed by atoms with Gasteiger partial charge in [0, 0.05) is 6.42 Å². The van der Waals surface area contributed by atoms with Crippen LogP contribution < -0.4 is 5.73 Å². The third kappa shape index (κ3) is 4.15. The molecule has 0 radical (unpaired) electrons. The number of primary amides is 1. The average molecular weight is 281 g/mol. The Morgan fingerprint density at radius 1 is 1.25 bits per heavy atom. The predicted octanol–water partition coefficient (Wildman–Crippen LogP) is 1.45. The van der Waals surface area contributed by atoms with Crippen molar-refractivity contribution in [1.29, 1.82) is 0 Å². The van der Waals surface area contributed by atoms with Gasteiger partial charge in [0.15, 0.2) is 11.9 Å². The van der Waals surface area contributed by atoms with Crippen molar-refractivity contribution in [3.8, 4) is 0 Å². The van der Waals surface area contributed by atoms with E-state index in [1.807, 2.05) is 0 Å². The Kier molecular flexibility index (Phi) is 5.37. The molecule has 2 N–H and O–H groups in total. The minimum absolute atomic E-state index is 0.0740. The molecule has 0 aromatic heterocycles. The van der Waals surface area contributed by atoms with E-state index in [1.54, 1.807) is 0 Å². The Labute approximate surface area is 115 Å².